The minimum atomic E-state index is -1.25. The molecule has 0 bridgehead atoms. The van der Waals surface area contributed by atoms with Crippen LogP contribution in [0.2, 0.25) is 0 Å². The van der Waals surface area contributed by atoms with Crippen LogP contribution in [0.15, 0.2) is 88.9 Å². The molecule has 2 saturated heterocycles. The topological polar surface area (TPSA) is 104 Å². The molecule has 1 saturated carbocycles. The van der Waals surface area contributed by atoms with Gasteiger partial charge in [-0.25, -0.2) is 4.90 Å². The molecule has 4 aliphatic rings. The fourth-order valence-electron chi connectivity index (χ4n) is 8.07. The summed E-state index contributed by atoms with van der Waals surface area (Å²) in [4.78, 5) is 59.2. The van der Waals surface area contributed by atoms with Crippen molar-refractivity contribution in [2.24, 2.45) is 29.1 Å². The van der Waals surface area contributed by atoms with Crippen molar-refractivity contribution in [2.45, 2.75) is 32.6 Å². The van der Waals surface area contributed by atoms with E-state index >= 15 is 0 Å². The first-order chi connectivity index (χ1) is 21.2. The van der Waals surface area contributed by atoms with Gasteiger partial charge >= 0.3 is 0 Å². The Kier molecular flexibility index (Phi) is 6.77. The summed E-state index contributed by atoms with van der Waals surface area (Å²) < 4.78 is 6.55. The van der Waals surface area contributed by atoms with E-state index in [0.29, 0.717) is 30.0 Å². The van der Waals surface area contributed by atoms with Crippen LogP contribution in [0, 0.1) is 29.1 Å². The number of hydrogen-bond donors (Lipinski definition) is 1. The second-order valence-corrected chi connectivity index (χ2v) is 13.0. The van der Waals surface area contributed by atoms with Crippen molar-refractivity contribution < 1.29 is 29.0 Å². The van der Waals surface area contributed by atoms with E-state index in [4.69, 9.17) is 4.74 Å². The molecule has 2 aliphatic carbocycles. The summed E-state index contributed by atoms with van der Waals surface area (Å²) in [5.41, 5.74) is 1.01. The number of aromatic hydroxyl groups is 1. The molecule has 0 unspecified atom stereocenters. The normalized spacial score (nSPS) is 29.3. The average Bonchev–Trinajstić information content (AvgIpc) is 3.39. The summed E-state index contributed by atoms with van der Waals surface area (Å²) in [6.07, 6.45) is 2.54. The first kappa shape index (κ1) is 28.5. The molecule has 9 heteroatoms. The van der Waals surface area contributed by atoms with E-state index in [-0.39, 0.29) is 41.5 Å². The molecule has 7 rings (SSSR count). The summed E-state index contributed by atoms with van der Waals surface area (Å²) in [6.45, 7) is 3.95. The van der Waals surface area contributed by atoms with Crippen LogP contribution in [-0.4, -0.2) is 35.3 Å². The highest BCUT2D eigenvalue weighted by atomic mass is 79.9. The molecule has 2 aliphatic heterocycles. The number of ether oxygens (including phenoxy) is 1. The van der Waals surface area contributed by atoms with Gasteiger partial charge < -0.3 is 9.84 Å². The smallest absolute Gasteiger partial charge is 0.241 e. The van der Waals surface area contributed by atoms with Gasteiger partial charge in [0.05, 0.1) is 41.2 Å². The number of amides is 4. The molecule has 0 aromatic heterocycles. The number of allylic oxidation sites excluding steroid dienone is 2. The molecule has 0 spiro atoms. The number of anilines is 2. The van der Waals surface area contributed by atoms with Crippen LogP contribution in [0.5, 0.6) is 11.5 Å². The number of fused-ring (bicyclic) bond motifs is 4. The molecule has 4 amide bonds. The third-order valence-electron chi connectivity index (χ3n) is 10.0. The maximum absolute atomic E-state index is 14.5. The number of para-hydroxylation sites is 2. The minimum Gasteiger partial charge on any atom is -0.504 e. The van der Waals surface area contributed by atoms with Gasteiger partial charge in [-0.05, 0) is 75.1 Å². The maximum Gasteiger partial charge on any atom is 0.241 e. The van der Waals surface area contributed by atoms with Gasteiger partial charge in [0.15, 0.2) is 11.5 Å². The highest BCUT2D eigenvalue weighted by Gasteiger charge is 2.68. The lowest BCUT2D eigenvalue weighted by atomic mass is 9.51. The molecule has 6 atom stereocenters. The molecule has 3 aromatic rings. The standard InChI is InChI=1S/C35H31BrN2O6/c1-3-44-27-11-7-10-24(30(27)39)29-22-16-17-23-28(33(42)37(31(23)40)21-14-12-19(36)13-15-21)25(22)18-26-32(41)38(34(43)35(26,29)2)20-8-5-4-6-9-20/h4-16,23,25-26,28-29,39H,3,17-18H2,1-2H3/t23-,25+,26-,28-,29+,35+/m0/s1. The maximum atomic E-state index is 14.5. The van der Waals surface area contributed by atoms with Crippen molar-refractivity contribution in [3.8, 4) is 11.5 Å². The molecule has 1 N–H and O–H groups in total. The van der Waals surface area contributed by atoms with E-state index in [9.17, 15) is 24.3 Å². The lowest BCUT2D eigenvalue weighted by Crippen LogP contribution is -2.48. The van der Waals surface area contributed by atoms with Crippen LogP contribution in [0.3, 0.4) is 0 Å². The van der Waals surface area contributed by atoms with Gasteiger partial charge in [0.1, 0.15) is 0 Å². The van der Waals surface area contributed by atoms with E-state index in [0.717, 1.165) is 10.0 Å². The summed E-state index contributed by atoms with van der Waals surface area (Å²) >= 11 is 3.41. The number of halogens is 1. The van der Waals surface area contributed by atoms with Gasteiger partial charge in [0, 0.05) is 16.0 Å². The number of phenols is 1. The van der Waals surface area contributed by atoms with Crippen molar-refractivity contribution in [1.82, 2.24) is 0 Å². The second-order valence-electron chi connectivity index (χ2n) is 12.1. The van der Waals surface area contributed by atoms with Gasteiger partial charge in [0.2, 0.25) is 23.6 Å². The van der Waals surface area contributed by atoms with Crippen LogP contribution in [-0.2, 0) is 19.2 Å². The highest BCUT2D eigenvalue weighted by molar-refractivity contribution is 9.10. The Morgan fingerprint density at radius 1 is 0.864 bits per heavy atom. The number of rotatable bonds is 5. The second kappa shape index (κ2) is 10.4. The monoisotopic (exact) mass is 654 g/mol. The summed E-state index contributed by atoms with van der Waals surface area (Å²) in [5, 5.41) is 11.5. The van der Waals surface area contributed by atoms with E-state index in [1.807, 2.05) is 19.1 Å². The number of hydrogen-bond acceptors (Lipinski definition) is 6. The lowest BCUT2D eigenvalue weighted by Gasteiger charge is -2.49. The zero-order valence-corrected chi connectivity index (χ0v) is 25.9. The molecule has 8 nitrogen and oxygen atoms in total. The molecular formula is C35H31BrN2O6. The number of imide groups is 2. The number of phenolic OH excluding ortho intramolecular Hbond substituents is 1. The van der Waals surface area contributed by atoms with Crippen molar-refractivity contribution in [3.05, 3.63) is 94.5 Å². The zero-order chi connectivity index (χ0) is 30.9. The molecule has 2 heterocycles. The quantitative estimate of drug-likeness (QED) is 0.268. The van der Waals surface area contributed by atoms with Crippen molar-refractivity contribution in [3.63, 3.8) is 0 Å². The van der Waals surface area contributed by atoms with Gasteiger partial charge in [0.25, 0.3) is 0 Å². The molecule has 3 aromatic carbocycles. The summed E-state index contributed by atoms with van der Waals surface area (Å²) in [6, 6.07) is 21.1. The zero-order valence-electron chi connectivity index (χ0n) is 24.3. The fraction of sp³-hybridized carbons (Fsp3) is 0.314. The first-order valence-electron chi connectivity index (χ1n) is 14.9. The Hall–Kier alpha value is -4.24. The predicted octanol–water partition coefficient (Wildman–Crippen LogP) is 5.99. The lowest BCUT2D eigenvalue weighted by molar-refractivity contribution is -0.131. The third kappa shape index (κ3) is 3.94. The summed E-state index contributed by atoms with van der Waals surface area (Å²) in [5.74, 6) is -4.30. The van der Waals surface area contributed by atoms with E-state index < -0.39 is 35.0 Å². The molecule has 0 radical (unpaired) electrons. The first-order valence-corrected chi connectivity index (χ1v) is 15.7. The van der Waals surface area contributed by atoms with Crippen LogP contribution < -0.4 is 14.5 Å². The van der Waals surface area contributed by atoms with Crippen molar-refractivity contribution >= 4 is 50.9 Å². The number of carbonyl (C=O) groups is 4. The van der Waals surface area contributed by atoms with E-state index in [1.165, 1.54) is 9.80 Å². The Bertz CT molecular complexity index is 1740. The number of carbonyl (C=O) groups excluding carboxylic acids is 4. The Morgan fingerprint density at radius 2 is 1.57 bits per heavy atom. The average molecular weight is 656 g/mol. The third-order valence-corrected chi connectivity index (χ3v) is 10.5. The Morgan fingerprint density at radius 3 is 2.27 bits per heavy atom. The number of nitrogens with zero attached hydrogens (tertiary/aromatic N) is 2. The van der Waals surface area contributed by atoms with E-state index in [2.05, 4.69) is 15.9 Å². The molecule has 3 fully saturated rings. The predicted molar refractivity (Wildman–Crippen MR) is 167 cm³/mol. The van der Waals surface area contributed by atoms with Crippen LogP contribution >= 0.6 is 15.9 Å². The SMILES string of the molecule is CCOc1cccc([C@H]2C3=CC[C@@H]4C(=O)N(c5ccc(Br)cc5)C(=O)[C@@H]4[C@@H]3C[C@H]3C(=O)N(c4ccccc4)C(=O)[C@@]23C)c1O. The highest BCUT2D eigenvalue weighted by Crippen LogP contribution is 2.64. The van der Waals surface area contributed by atoms with Crippen molar-refractivity contribution in [1.29, 1.82) is 0 Å². The largest absolute Gasteiger partial charge is 0.504 e. The van der Waals surface area contributed by atoms with Crippen molar-refractivity contribution in [2.75, 3.05) is 16.4 Å². The number of benzene rings is 3. The van der Waals surface area contributed by atoms with Gasteiger partial charge in [-0.15, -0.1) is 0 Å². The van der Waals surface area contributed by atoms with Gasteiger partial charge in [-0.2, -0.15) is 0 Å². The van der Waals surface area contributed by atoms with Crippen LogP contribution in [0.4, 0.5) is 11.4 Å². The fourth-order valence-corrected chi connectivity index (χ4v) is 8.34. The molecular weight excluding hydrogens is 624 g/mol. The van der Waals surface area contributed by atoms with Crippen LogP contribution in [0.1, 0.15) is 38.2 Å². The Balaban J connectivity index is 1.38. The molecule has 44 heavy (non-hydrogen) atoms. The van der Waals surface area contributed by atoms with Gasteiger partial charge in [-0.3, -0.25) is 24.1 Å². The Labute approximate surface area is 263 Å². The van der Waals surface area contributed by atoms with Crippen LogP contribution in [0.25, 0.3) is 0 Å². The van der Waals surface area contributed by atoms with E-state index in [1.54, 1.807) is 73.7 Å². The summed E-state index contributed by atoms with van der Waals surface area (Å²) in [7, 11) is 0. The van der Waals surface area contributed by atoms with Gasteiger partial charge in [-0.1, -0.05) is 57.9 Å². The molecule has 224 valence electrons. The minimum absolute atomic E-state index is 0.0910.